The average Bonchev–Trinajstić information content (AvgIpc) is 3.03. The van der Waals surface area contributed by atoms with Crippen LogP contribution >= 0.6 is 11.6 Å². The SMILES string of the molecule is Cc1ccc(N2C(=O)Cc3c(C(N)=O)nc(-c4ccc(Cl)c([N+](=O)[O-])c4)nc32)cc1. The highest BCUT2D eigenvalue weighted by Gasteiger charge is 2.35. The van der Waals surface area contributed by atoms with Crippen molar-refractivity contribution in [3.8, 4) is 11.4 Å². The number of nitrogens with two attached hydrogens (primary N) is 1. The van der Waals surface area contributed by atoms with Gasteiger partial charge in [0, 0.05) is 17.2 Å². The van der Waals surface area contributed by atoms with Crippen LogP contribution in [0.25, 0.3) is 11.4 Å². The lowest BCUT2D eigenvalue weighted by atomic mass is 10.1. The van der Waals surface area contributed by atoms with Crippen molar-refractivity contribution in [1.29, 1.82) is 0 Å². The molecular weight excluding hydrogens is 410 g/mol. The van der Waals surface area contributed by atoms with E-state index in [0.717, 1.165) is 5.56 Å². The van der Waals surface area contributed by atoms with Crippen LogP contribution in [-0.2, 0) is 11.2 Å². The number of primary amides is 1. The van der Waals surface area contributed by atoms with Crippen LogP contribution in [0.3, 0.4) is 0 Å². The van der Waals surface area contributed by atoms with Crippen molar-refractivity contribution in [2.24, 2.45) is 5.73 Å². The standard InChI is InChI=1S/C20H14ClN5O4/c1-10-2-5-12(6-3-10)25-16(27)9-13-17(18(22)28)23-19(24-20(13)25)11-4-7-14(21)15(8-11)26(29)30/h2-8H,9H2,1H3,(H2,22,28). The summed E-state index contributed by atoms with van der Waals surface area (Å²) >= 11 is 5.88. The molecule has 10 heteroatoms. The molecule has 150 valence electrons. The third kappa shape index (κ3) is 3.25. The molecule has 0 bridgehead atoms. The Morgan fingerprint density at radius 3 is 2.53 bits per heavy atom. The Labute approximate surface area is 175 Å². The topological polar surface area (TPSA) is 132 Å². The van der Waals surface area contributed by atoms with Crippen molar-refractivity contribution in [2.75, 3.05) is 4.90 Å². The first-order chi connectivity index (χ1) is 14.3. The van der Waals surface area contributed by atoms with Crippen LogP contribution in [-0.4, -0.2) is 26.7 Å². The van der Waals surface area contributed by atoms with Crippen molar-refractivity contribution in [3.05, 3.63) is 74.4 Å². The maximum atomic E-state index is 12.7. The smallest absolute Gasteiger partial charge is 0.288 e. The molecule has 30 heavy (non-hydrogen) atoms. The number of hydrogen-bond acceptors (Lipinski definition) is 6. The number of nitrogens with zero attached hydrogens (tertiary/aromatic N) is 4. The number of carbonyl (C=O) groups excluding carboxylic acids is 2. The number of aryl methyl sites for hydroxylation is 1. The quantitative estimate of drug-likeness (QED) is 0.505. The predicted octanol–water partition coefficient (Wildman–Crippen LogP) is 3.33. The van der Waals surface area contributed by atoms with E-state index in [4.69, 9.17) is 17.3 Å². The molecule has 0 atom stereocenters. The van der Waals surface area contributed by atoms with Gasteiger partial charge >= 0.3 is 0 Å². The summed E-state index contributed by atoms with van der Waals surface area (Å²) in [6, 6.07) is 11.3. The number of anilines is 2. The normalized spacial score (nSPS) is 12.7. The summed E-state index contributed by atoms with van der Waals surface area (Å²) in [4.78, 5) is 45.4. The molecule has 0 spiro atoms. The van der Waals surface area contributed by atoms with E-state index in [1.54, 1.807) is 12.1 Å². The number of amides is 2. The van der Waals surface area contributed by atoms with Gasteiger partial charge in [0.1, 0.15) is 16.5 Å². The number of nitro groups is 1. The van der Waals surface area contributed by atoms with Gasteiger partial charge in [0.2, 0.25) is 5.91 Å². The van der Waals surface area contributed by atoms with E-state index in [9.17, 15) is 19.7 Å². The zero-order valence-corrected chi connectivity index (χ0v) is 16.4. The summed E-state index contributed by atoms with van der Waals surface area (Å²) in [6.45, 7) is 1.92. The summed E-state index contributed by atoms with van der Waals surface area (Å²) in [7, 11) is 0. The second-order valence-electron chi connectivity index (χ2n) is 6.73. The number of rotatable bonds is 4. The van der Waals surface area contributed by atoms with E-state index in [0.29, 0.717) is 11.3 Å². The number of fused-ring (bicyclic) bond motifs is 1. The zero-order valence-electron chi connectivity index (χ0n) is 15.6. The molecule has 2 heterocycles. The Bertz CT molecular complexity index is 1230. The summed E-state index contributed by atoms with van der Waals surface area (Å²) in [5.74, 6) is -0.865. The molecule has 1 aliphatic rings. The molecule has 1 aromatic heterocycles. The van der Waals surface area contributed by atoms with Gasteiger partial charge in [-0.2, -0.15) is 0 Å². The fourth-order valence-corrected chi connectivity index (χ4v) is 3.44. The third-order valence-corrected chi connectivity index (χ3v) is 5.02. The van der Waals surface area contributed by atoms with E-state index in [-0.39, 0.29) is 45.9 Å². The van der Waals surface area contributed by atoms with Crippen LogP contribution in [0.5, 0.6) is 0 Å². The number of halogens is 1. The highest BCUT2D eigenvalue weighted by Crippen LogP contribution is 2.37. The predicted molar refractivity (Wildman–Crippen MR) is 110 cm³/mol. The van der Waals surface area contributed by atoms with E-state index in [1.165, 1.54) is 23.1 Å². The van der Waals surface area contributed by atoms with Gasteiger partial charge in [-0.3, -0.25) is 24.6 Å². The molecule has 1 aliphatic heterocycles. The van der Waals surface area contributed by atoms with Gasteiger partial charge < -0.3 is 5.73 Å². The average molecular weight is 424 g/mol. The molecule has 0 saturated carbocycles. The Balaban J connectivity index is 1.92. The minimum absolute atomic E-state index is 0.0223. The van der Waals surface area contributed by atoms with Gasteiger partial charge in [0.05, 0.1) is 17.0 Å². The number of hydrogen-bond donors (Lipinski definition) is 1. The molecule has 0 unspecified atom stereocenters. The zero-order chi connectivity index (χ0) is 21.6. The Kier molecular flexibility index (Phi) is 4.67. The highest BCUT2D eigenvalue weighted by molar-refractivity contribution is 6.32. The minimum Gasteiger partial charge on any atom is -0.364 e. The lowest BCUT2D eigenvalue weighted by Gasteiger charge is -2.17. The van der Waals surface area contributed by atoms with Crippen LogP contribution in [0.2, 0.25) is 5.02 Å². The van der Waals surface area contributed by atoms with Gasteiger partial charge in [0.15, 0.2) is 5.82 Å². The largest absolute Gasteiger partial charge is 0.364 e. The van der Waals surface area contributed by atoms with Crippen LogP contribution < -0.4 is 10.6 Å². The first kappa shape index (κ1) is 19.5. The summed E-state index contributed by atoms with van der Waals surface area (Å²) < 4.78 is 0. The number of nitro benzene ring substituents is 1. The monoisotopic (exact) mass is 423 g/mol. The van der Waals surface area contributed by atoms with Crippen molar-refractivity contribution < 1.29 is 14.5 Å². The number of aromatic nitrogens is 2. The van der Waals surface area contributed by atoms with E-state index < -0.39 is 10.8 Å². The molecule has 3 aromatic rings. The molecule has 0 saturated heterocycles. The lowest BCUT2D eigenvalue weighted by Crippen LogP contribution is -2.21. The fourth-order valence-electron chi connectivity index (χ4n) is 3.25. The molecule has 0 fully saturated rings. The Hall–Kier alpha value is -3.85. The van der Waals surface area contributed by atoms with Crippen LogP contribution in [0.1, 0.15) is 21.6 Å². The van der Waals surface area contributed by atoms with Gasteiger partial charge in [-0.05, 0) is 31.2 Å². The van der Waals surface area contributed by atoms with Crippen LogP contribution in [0.4, 0.5) is 17.2 Å². The second-order valence-corrected chi connectivity index (χ2v) is 7.13. The maximum absolute atomic E-state index is 12.7. The van der Waals surface area contributed by atoms with Crippen molar-refractivity contribution in [1.82, 2.24) is 9.97 Å². The molecule has 2 amide bonds. The minimum atomic E-state index is -0.822. The fraction of sp³-hybridized carbons (Fsp3) is 0.100. The second kappa shape index (κ2) is 7.20. The number of carbonyl (C=O) groups is 2. The third-order valence-electron chi connectivity index (χ3n) is 4.70. The molecular formula is C20H14ClN5O4. The van der Waals surface area contributed by atoms with E-state index in [1.807, 2.05) is 19.1 Å². The molecule has 0 aliphatic carbocycles. The van der Waals surface area contributed by atoms with Gasteiger partial charge in [0.25, 0.3) is 11.6 Å². The van der Waals surface area contributed by atoms with E-state index >= 15 is 0 Å². The van der Waals surface area contributed by atoms with Crippen molar-refractivity contribution >= 4 is 40.6 Å². The lowest BCUT2D eigenvalue weighted by molar-refractivity contribution is -0.384. The molecule has 2 N–H and O–H groups in total. The molecule has 2 aromatic carbocycles. The van der Waals surface area contributed by atoms with E-state index in [2.05, 4.69) is 9.97 Å². The highest BCUT2D eigenvalue weighted by atomic mass is 35.5. The Morgan fingerprint density at radius 2 is 1.90 bits per heavy atom. The van der Waals surface area contributed by atoms with Crippen molar-refractivity contribution in [3.63, 3.8) is 0 Å². The number of benzene rings is 2. The molecule has 4 rings (SSSR count). The summed E-state index contributed by atoms with van der Waals surface area (Å²) in [6.07, 6.45) is -0.0808. The van der Waals surface area contributed by atoms with Gasteiger partial charge in [-0.25, -0.2) is 9.97 Å². The van der Waals surface area contributed by atoms with Gasteiger partial charge in [-0.15, -0.1) is 0 Å². The van der Waals surface area contributed by atoms with Crippen molar-refractivity contribution in [2.45, 2.75) is 13.3 Å². The maximum Gasteiger partial charge on any atom is 0.288 e. The van der Waals surface area contributed by atoms with Crippen LogP contribution in [0, 0.1) is 17.0 Å². The first-order valence-corrected chi connectivity index (χ1v) is 9.18. The first-order valence-electron chi connectivity index (χ1n) is 8.81. The summed E-state index contributed by atoms with van der Waals surface area (Å²) in [5.41, 5.74) is 7.24. The van der Waals surface area contributed by atoms with Gasteiger partial charge in [-0.1, -0.05) is 29.3 Å². The Morgan fingerprint density at radius 1 is 1.20 bits per heavy atom. The molecule has 9 nitrogen and oxygen atoms in total. The molecule has 0 radical (unpaired) electrons. The van der Waals surface area contributed by atoms with Crippen LogP contribution in [0.15, 0.2) is 42.5 Å². The summed E-state index contributed by atoms with van der Waals surface area (Å²) in [5, 5.41) is 11.2.